The lowest BCUT2D eigenvalue weighted by Gasteiger charge is -2.10. The van der Waals surface area contributed by atoms with E-state index in [4.69, 9.17) is 0 Å². The molecule has 0 aliphatic carbocycles. The molecule has 0 bridgehead atoms. The summed E-state index contributed by atoms with van der Waals surface area (Å²) < 4.78 is 2.13. The monoisotopic (exact) mass is 282 g/mol. The van der Waals surface area contributed by atoms with Crippen molar-refractivity contribution in [3.8, 4) is 17.0 Å². The fourth-order valence-corrected chi connectivity index (χ4v) is 2.82. The quantitative estimate of drug-likeness (QED) is 0.758. The van der Waals surface area contributed by atoms with Gasteiger partial charge in [0.05, 0.1) is 5.69 Å². The number of aryl methyl sites for hydroxylation is 2. The van der Waals surface area contributed by atoms with Crippen LogP contribution >= 0.6 is 0 Å². The summed E-state index contributed by atoms with van der Waals surface area (Å²) in [5.74, 6) is 0.0561. The van der Waals surface area contributed by atoms with Crippen molar-refractivity contribution in [2.75, 3.05) is 0 Å². The van der Waals surface area contributed by atoms with Crippen LogP contribution in [0.1, 0.15) is 18.2 Å². The van der Waals surface area contributed by atoms with Gasteiger partial charge in [-0.3, -0.25) is 4.79 Å². The maximum Gasteiger partial charge on any atom is 0.252 e. The van der Waals surface area contributed by atoms with Crippen LogP contribution in [0.2, 0.25) is 0 Å². The van der Waals surface area contributed by atoms with Crippen LogP contribution < -0.4 is 5.56 Å². The van der Waals surface area contributed by atoms with Gasteiger partial charge in [0.15, 0.2) is 0 Å². The molecular formula is C17H18N2O2. The maximum absolute atomic E-state index is 11.7. The Bertz CT molecular complexity index is 888. The normalized spacial score (nSPS) is 11.2. The Morgan fingerprint density at radius 3 is 2.71 bits per heavy atom. The van der Waals surface area contributed by atoms with Gasteiger partial charge >= 0.3 is 0 Å². The topological polar surface area (TPSA) is 58.0 Å². The van der Waals surface area contributed by atoms with Gasteiger partial charge in [0.2, 0.25) is 0 Å². The van der Waals surface area contributed by atoms with Gasteiger partial charge < -0.3 is 14.7 Å². The first-order valence-electron chi connectivity index (χ1n) is 7.03. The Morgan fingerprint density at radius 1 is 1.24 bits per heavy atom. The molecule has 21 heavy (non-hydrogen) atoms. The van der Waals surface area contributed by atoms with Crippen molar-refractivity contribution < 1.29 is 5.11 Å². The molecule has 0 fully saturated rings. The van der Waals surface area contributed by atoms with Crippen LogP contribution in [0.5, 0.6) is 5.75 Å². The van der Waals surface area contributed by atoms with Crippen LogP contribution in [-0.2, 0) is 13.5 Å². The van der Waals surface area contributed by atoms with Crippen molar-refractivity contribution in [3.05, 3.63) is 51.9 Å². The van der Waals surface area contributed by atoms with Crippen LogP contribution in [0.15, 0.2) is 35.1 Å². The third-order valence-electron chi connectivity index (χ3n) is 4.05. The first-order valence-corrected chi connectivity index (χ1v) is 7.03. The summed E-state index contributed by atoms with van der Waals surface area (Å²) in [4.78, 5) is 14.5. The number of pyridine rings is 1. The lowest BCUT2D eigenvalue weighted by atomic mass is 10.0. The van der Waals surface area contributed by atoms with Gasteiger partial charge in [-0.25, -0.2) is 0 Å². The molecule has 0 aliphatic rings. The largest absolute Gasteiger partial charge is 0.507 e. The molecule has 0 amide bonds. The molecule has 0 radical (unpaired) electrons. The Morgan fingerprint density at radius 2 is 2.00 bits per heavy atom. The molecule has 0 atom stereocenters. The molecule has 1 aromatic carbocycles. The second kappa shape index (κ2) is 4.81. The number of hydrogen-bond donors (Lipinski definition) is 2. The summed E-state index contributed by atoms with van der Waals surface area (Å²) in [5.41, 5.74) is 4.42. The van der Waals surface area contributed by atoms with Crippen LogP contribution in [0.3, 0.4) is 0 Å². The Kier molecular flexibility index (Phi) is 3.09. The smallest absolute Gasteiger partial charge is 0.252 e. The molecule has 4 nitrogen and oxygen atoms in total. The van der Waals surface area contributed by atoms with Crippen molar-refractivity contribution in [1.29, 1.82) is 0 Å². The van der Waals surface area contributed by atoms with E-state index in [2.05, 4.69) is 22.5 Å². The highest BCUT2D eigenvalue weighted by atomic mass is 16.3. The first kappa shape index (κ1) is 13.5. The minimum absolute atomic E-state index is 0.0561. The summed E-state index contributed by atoms with van der Waals surface area (Å²) in [6.45, 7) is 4.02. The summed E-state index contributed by atoms with van der Waals surface area (Å²) in [5, 5.41) is 11.1. The molecule has 2 aromatic heterocycles. The van der Waals surface area contributed by atoms with E-state index >= 15 is 0 Å². The van der Waals surface area contributed by atoms with Gasteiger partial charge in [-0.05, 0) is 37.1 Å². The highest BCUT2D eigenvalue weighted by molar-refractivity contribution is 5.86. The molecular weight excluding hydrogens is 264 g/mol. The van der Waals surface area contributed by atoms with Crippen LogP contribution in [0.25, 0.3) is 22.2 Å². The minimum atomic E-state index is -0.288. The zero-order valence-electron chi connectivity index (χ0n) is 12.4. The highest BCUT2D eigenvalue weighted by Crippen LogP contribution is 2.30. The Hall–Kier alpha value is -2.49. The van der Waals surface area contributed by atoms with Crippen LogP contribution in [-0.4, -0.2) is 14.7 Å². The van der Waals surface area contributed by atoms with Crippen molar-refractivity contribution in [3.63, 3.8) is 0 Å². The predicted octanol–water partition coefficient (Wildman–Crippen LogP) is 3.11. The number of hydrogen-bond acceptors (Lipinski definition) is 2. The number of fused-ring (bicyclic) bond motifs is 1. The van der Waals surface area contributed by atoms with E-state index in [1.807, 2.05) is 32.2 Å². The van der Waals surface area contributed by atoms with Gasteiger partial charge in [0.25, 0.3) is 5.56 Å². The van der Waals surface area contributed by atoms with E-state index in [1.54, 1.807) is 0 Å². The second-order valence-electron chi connectivity index (χ2n) is 5.34. The maximum atomic E-state index is 11.7. The highest BCUT2D eigenvalue weighted by Gasteiger charge is 2.12. The number of H-pyrrole nitrogens is 1. The first-order chi connectivity index (χ1) is 10.0. The van der Waals surface area contributed by atoms with E-state index in [9.17, 15) is 9.90 Å². The van der Waals surface area contributed by atoms with Crippen molar-refractivity contribution in [1.82, 2.24) is 9.55 Å². The summed E-state index contributed by atoms with van der Waals surface area (Å²) in [6.07, 6.45) is 0.657. The van der Waals surface area contributed by atoms with E-state index in [1.165, 1.54) is 11.8 Å². The fourth-order valence-electron chi connectivity index (χ4n) is 2.82. The summed E-state index contributed by atoms with van der Waals surface area (Å²) in [7, 11) is 2.03. The number of aromatic nitrogens is 2. The number of aromatic amines is 1. The van der Waals surface area contributed by atoms with E-state index in [0.717, 1.165) is 22.0 Å². The predicted molar refractivity (Wildman–Crippen MR) is 84.8 cm³/mol. The van der Waals surface area contributed by atoms with Crippen LogP contribution in [0, 0.1) is 6.92 Å². The molecule has 0 saturated heterocycles. The number of nitrogens with zero attached hydrogens (tertiary/aromatic N) is 1. The SMILES string of the molecule is CCc1c(O)cc(=O)[nH]c1-c1ccc2c(c1)cc(C)n2C. The average Bonchev–Trinajstić information content (AvgIpc) is 2.73. The molecule has 2 heterocycles. The molecule has 0 saturated carbocycles. The van der Waals surface area contributed by atoms with Gasteiger partial charge in [0.1, 0.15) is 5.75 Å². The van der Waals surface area contributed by atoms with Crippen molar-refractivity contribution >= 4 is 10.9 Å². The van der Waals surface area contributed by atoms with E-state index in [0.29, 0.717) is 12.1 Å². The molecule has 0 aliphatic heterocycles. The van der Waals surface area contributed by atoms with E-state index < -0.39 is 0 Å². The standard InChI is InChI=1S/C17H18N2O2/c1-4-13-15(20)9-16(21)18-17(13)11-5-6-14-12(8-11)7-10(2)19(14)3/h5-9H,4H2,1-3H3,(H2,18,20,21). The summed E-state index contributed by atoms with van der Waals surface area (Å²) >= 11 is 0. The zero-order valence-corrected chi connectivity index (χ0v) is 12.4. The molecule has 0 spiro atoms. The average molecular weight is 282 g/mol. The van der Waals surface area contributed by atoms with Crippen molar-refractivity contribution in [2.24, 2.45) is 7.05 Å². The lowest BCUT2D eigenvalue weighted by Crippen LogP contribution is -2.07. The third-order valence-corrected chi connectivity index (χ3v) is 4.05. The Labute approximate surface area is 122 Å². The summed E-state index contributed by atoms with van der Waals surface area (Å²) in [6, 6.07) is 9.41. The number of aromatic hydroxyl groups is 1. The fraction of sp³-hybridized carbons (Fsp3) is 0.235. The molecule has 3 rings (SSSR count). The van der Waals surface area contributed by atoms with Gasteiger partial charge in [-0.1, -0.05) is 13.0 Å². The Balaban J connectivity index is 2.28. The number of benzene rings is 1. The lowest BCUT2D eigenvalue weighted by molar-refractivity contribution is 0.467. The zero-order chi connectivity index (χ0) is 15.1. The molecule has 2 N–H and O–H groups in total. The molecule has 0 unspecified atom stereocenters. The van der Waals surface area contributed by atoms with E-state index in [-0.39, 0.29) is 11.3 Å². The molecule has 4 heteroatoms. The van der Waals surface area contributed by atoms with Crippen molar-refractivity contribution in [2.45, 2.75) is 20.3 Å². The molecule has 3 aromatic rings. The number of nitrogens with one attached hydrogen (secondary N) is 1. The van der Waals surface area contributed by atoms with Gasteiger partial charge in [0, 0.05) is 35.3 Å². The van der Waals surface area contributed by atoms with Gasteiger partial charge in [-0.2, -0.15) is 0 Å². The minimum Gasteiger partial charge on any atom is -0.507 e. The van der Waals surface area contributed by atoms with Gasteiger partial charge in [-0.15, -0.1) is 0 Å². The van der Waals surface area contributed by atoms with Crippen LogP contribution in [0.4, 0.5) is 0 Å². The molecule has 108 valence electrons. The number of rotatable bonds is 2. The third kappa shape index (κ3) is 2.13. The second-order valence-corrected chi connectivity index (χ2v) is 5.34.